The molecule has 0 spiro atoms. The number of unbranched alkanes of at least 4 members (excludes halogenated alkanes) is 1. The SMILES string of the molecule is CCC(C)CCCCC(=O)N[C@@H](CCNCS(=O)(=O)[O-])C(=O)N[C@H](C(=O)NC(CCNCS(=O)(=O)[O-])C(=O)NC1CCNC(=O)C(C(C)O)NC(=O)C(CCNCS(=O)(=O)[O-])NC(=O)C(CCNCS(=O)(=O)[O-])NC(=O)C(CC(C)C)NC(=O)C(CC(C)C)NC(=O)C(CCNCS(=O)(=O)[O-])NC1=O)C(C)O.[Na+].[Na+].[Na+].[Na+].[Na+]. The van der Waals surface area contributed by atoms with Crippen molar-refractivity contribution >= 4 is 116 Å². The van der Waals surface area contributed by atoms with Gasteiger partial charge >= 0.3 is 148 Å². The van der Waals surface area contributed by atoms with Gasteiger partial charge in [0, 0.05) is 13.0 Å². The van der Waals surface area contributed by atoms with E-state index in [1.54, 1.807) is 27.7 Å². The minimum absolute atomic E-state index is 0. The molecular weight excluding hydrogens is 1640 g/mol. The maximum atomic E-state index is 14.9. The van der Waals surface area contributed by atoms with Crippen LogP contribution in [-0.2, 0) is 103 Å². The number of hydrogen-bond acceptors (Lipinski definition) is 33. The third-order valence-electron chi connectivity index (χ3n) is 15.8. The van der Waals surface area contributed by atoms with Gasteiger partial charge in [0.25, 0.3) is 0 Å². The number of nitrogens with one attached hydrogen (secondary N) is 16. The zero-order valence-corrected chi connectivity index (χ0v) is 79.8. The molecule has 1 rings (SSSR count). The molecule has 112 heavy (non-hydrogen) atoms. The molecule has 1 fully saturated rings. The van der Waals surface area contributed by atoms with Crippen LogP contribution in [0.15, 0.2) is 0 Å². The first-order chi connectivity index (χ1) is 49.4. The van der Waals surface area contributed by atoms with Gasteiger partial charge in [-0.15, -0.1) is 0 Å². The van der Waals surface area contributed by atoms with Gasteiger partial charge in [0.15, 0.2) is 0 Å². The van der Waals surface area contributed by atoms with Crippen molar-refractivity contribution in [3.8, 4) is 0 Å². The van der Waals surface area contributed by atoms with E-state index >= 15 is 0 Å². The molecule has 0 saturated carbocycles. The summed E-state index contributed by atoms with van der Waals surface area (Å²) in [5, 5.41) is 59.0. The van der Waals surface area contributed by atoms with Crippen molar-refractivity contribution < 1.29 is 276 Å². The van der Waals surface area contributed by atoms with Crippen LogP contribution in [0, 0.1) is 17.8 Å². The molecule has 0 aromatic heterocycles. The normalized spacial score (nSPS) is 20.5. The Morgan fingerprint density at radius 3 is 1.14 bits per heavy atom. The van der Waals surface area contributed by atoms with Gasteiger partial charge in [-0.2, -0.15) is 0 Å². The summed E-state index contributed by atoms with van der Waals surface area (Å²) in [5.41, 5.74) is 0. The molecule has 11 amide bonds. The molecule has 1 aliphatic heterocycles. The van der Waals surface area contributed by atoms with Gasteiger partial charge < -0.3 is 118 Å². The molecule has 0 radical (unpaired) electrons. The largest absolute Gasteiger partial charge is 1.00 e. The van der Waals surface area contributed by atoms with E-state index in [0.29, 0.717) is 18.8 Å². The van der Waals surface area contributed by atoms with E-state index in [-0.39, 0.29) is 167 Å². The second-order valence-corrected chi connectivity index (χ2v) is 33.6. The first kappa shape index (κ1) is 119. The quantitative estimate of drug-likeness (QED) is 0.0153. The van der Waals surface area contributed by atoms with Crippen LogP contribution in [-0.4, -0.2) is 281 Å². The Hall–Kier alpha value is -1.56. The maximum Gasteiger partial charge on any atom is 1.00 e. The fourth-order valence-electron chi connectivity index (χ4n) is 10.1. The fourth-order valence-corrected chi connectivity index (χ4v) is 12.1. The molecule has 1 heterocycles. The van der Waals surface area contributed by atoms with E-state index in [2.05, 4.69) is 85.1 Å². The van der Waals surface area contributed by atoms with Gasteiger partial charge in [-0.3, -0.25) is 52.7 Å². The average molecular weight is 1750 g/mol. The van der Waals surface area contributed by atoms with Gasteiger partial charge in [-0.05, 0) is 122 Å². The number of rotatable bonds is 44. The standard InChI is InChI=1S/C58H110N16O28S5.5Na/c1-9-35(6)12-10-11-13-46(77)65-38(14-20-59-28-103(88,89)90)53(82)74-48(37(8)76)58(87)70-41(17-23-62-31-106(97,98)99)50(79)68-43-19-25-64-57(86)47(36(7)75)73-54(83)42(18-24-63-32-107(100,101)102)67-49(78)39(15-21-60-29-104(91,92)93)69-55(84)44(26-33(2)3)72-56(85)45(27-34(4)5)71-52(81)40(66-51(43)80)16-22-61-30-105(94,95)96;;;;;/h33-45,47-48,59-63,75-76H,9-32H2,1-8H3,(H,64,86)(H,65,77)(H,66,80)(H,67,78)(H,68,79)(H,69,84)(H,70,87)(H,71,81)(H,72,85)(H,73,83)(H,74,82)(H,88,89,90)(H,91,92,93)(H,94,95,96)(H,97,98,99)(H,100,101,102);;;;;/q;5*+1/p-5/t35?,36?,37?,38-,39?,40?,41?,42?,43?,44?,45?,47?,48-;;;;;/m0...../s1. The van der Waals surface area contributed by atoms with Gasteiger partial charge in [-0.1, -0.05) is 60.8 Å². The van der Waals surface area contributed by atoms with E-state index in [1.165, 1.54) is 0 Å². The summed E-state index contributed by atoms with van der Waals surface area (Å²) in [6.45, 7) is 8.83. The van der Waals surface area contributed by atoms with Crippen molar-refractivity contribution in [2.75, 3.05) is 68.7 Å². The number of aliphatic hydroxyl groups excluding tert-OH is 2. The van der Waals surface area contributed by atoms with Crippen LogP contribution in [0.2, 0.25) is 0 Å². The smallest absolute Gasteiger partial charge is 0.747 e. The minimum atomic E-state index is -5.03. The van der Waals surface area contributed by atoms with Crippen molar-refractivity contribution in [1.82, 2.24) is 85.1 Å². The van der Waals surface area contributed by atoms with Crippen LogP contribution in [0.5, 0.6) is 0 Å². The van der Waals surface area contributed by atoms with Gasteiger partial charge in [0.05, 0.1) is 41.6 Å². The van der Waals surface area contributed by atoms with Crippen LogP contribution in [0.4, 0.5) is 0 Å². The Bertz CT molecular complexity index is 3550. The summed E-state index contributed by atoms with van der Waals surface area (Å²) in [5.74, 6) is -20.0. The number of carbonyl (C=O) groups is 11. The predicted molar refractivity (Wildman–Crippen MR) is 373 cm³/mol. The molecule has 0 aliphatic carbocycles. The Morgan fingerprint density at radius 2 is 0.786 bits per heavy atom. The first-order valence-corrected chi connectivity index (χ1v) is 42.2. The summed E-state index contributed by atoms with van der Waals surface area (Å²) in [6, 6.07) is -18.8. The Kier molecular flexibility index (Phi) is 63.8. The molecule has 0 aromatic carbocycles. The zero-order valence-electron chi connectivity index (χ0n) is 65.7. The number of aliphatic hydroxyl groups is 2. The summed E-state index contributed by atoms with van der Waals surface area (Å²) in [4.78, 5) is 158. The molecule has 0 aromatic rings. The van der Waals surface area contributed by atoms with Crippen LogP contribution in [0.3, 0.4) is 0 Å². The predicted octanol–water partition coefficient (Wildman–Crippen LogP) is -24.8. The summed E-state index contributed by atoms with van der Waals surface area (Å²) in [6.07, 6.45) is -5.63. The average Bonchev–Trinajstić information content (AvgIpc) is 0.943. The van der Waals surface area contributed by atoms with Crippen LogP contribution >= 0.6 is 0 Å². The van der Waals surface area contributed by atoms with Crippen LogP contribution in [0.25, 0.3) is 0 Å². The third kappa shape index (κ3) is 56.1. The second kappa shape index (κ2) is 60.0. The number of amides is 11. The van der Waals surface area contributed by atoms with Crippen molar-refractivity contribution in [1.29, 1.82) is 0 Å². The van der Waals surface area contributed by atoms with Crippen molar-refractivity contribution in [2.45, 2.75) is 211 Å². The molecule has 0 bridgehead atoms. The summed E-state index contributed by atoms with van der Waals surface area (Å²) in [7, 11) is -24.8. The van der Waals surface area contributed by atoms with E-state index in [0.717, 1.165) is 26.7 Å². The Balaban J connectivity index is -0.00000763. The zero-order chi connectivity index (χ0) is 81.8. The van der Waals surface area contributed by atoms with Gasteiger partial charge in [0.2, 0.25) is 65.0 Å². The molecule has 44 nitrogen and oxygen atoms in total. The second-order valence-electron chi connectivity index (χ2n) is 26.6. The molecule has 620 valence electrons. The van der Waals surface area contributed by atoms with Gasteiger partial charge in [-0.25, -0.2) is 42.1 Å². The van der Waals surface area contributed by atoms with E-state index in [4.69, 9.17) is 0 Å². The monoisotopic (exact) mass is 1750 g/mol. The third-order valence-corrected chi connectivity index (χ3v) is 18.6. The first-order valence-electron chi connectivity index (χ1n) is 34.3. The fraction of sp³-hybridized carbons (Fsp3) is 0.810. The van der Waals surface area contributed by atoms with Crippen molar-refractivity contribution in [3.63, 3.8) is 0 Å². The van der Waals surface area contributed by atoms with E-state index in [1.807, 2.05) is 13.8 Å². The van der Waals surface area contributed by atoms with E-state index < -0.39 is 307 Å². The van der Waals surface area contributed by atoms with Crippen LogP contribution < -0.4 is 233 Å². The maximum absolute atomic E-state index is 14.9. The summed E-state index contributed by atoms with van der Waals surface area (Å²) < 4.78 is 173. The molecule has 11 unspecified atom stereocenters. The molecule has 54 heteroatoms. The van der Waals surface area contributed by atoms with Crippen molar-refractivity contribution in [2.24, 2.45) is 17.8 Å². The van der Waals surface area contributed by atoms with Gasteiger partial charge in [0.1, 0.15) is 111 Å². The van der Waals surface area contributed by atoms with Crippen molar-refractivity contribution in [3.05, 3.63) is 0 Å². The summed E-state index contributed by atoms with van der Waals surface area (Å²) >= 11 is 0. The Morgan fingerprint density at radius 1 is 0.438 bits per heavy atom. The number of hydrogen-bond donors (Lipinski definition) is 18. The molecular formula is C58H105N16Na5O28S5. The molecule has 1 aliphatic rings. The van der Waals surface area contributed by atoms with E-state index in [9.17, 15) is 128 Å². The topological polar surface area (TPSA) is 707 Å². The number of carbonyl (C=O) groups excluding carboxylic acids is 11. The minimum Gasteiger partial charge on any atom is -0.747 e. The molecule has 1 saturated heterocycles. The molecule has 13 atom stereocenters. The van der Waals surface area contributed by atoms with Crippen LogP contribution in [0.1, 0.15) is 139 Å². The molecule has 18 N–H and O–H groups in total. The Labute approximate surface area is 765 Å².